The van der Waals surface area contributed by atoms with Crippen LogP contribution in [0.4, 0.5) is 17.1 Å². The molecule has 0 spiro atoms. The molecule has 0 unspecified atom stereocenters. The second-order valence-electron chi connectivity index (χ2n) is 18.0. The zero-order chi connectivity index (χ0) is 42.5. The quantitative estimate of drug-likeness (QED) is 0.157. The number of fused-ring (bicyclic) bond motifs is 13. The molecule has 0 radical (unpaired) electrons. The van der Waals surface area contributed by atoms with Crippen molar-refractivity contribution in [1.29, 1.82) is 0 Å². The first kappa shape index (κ1) is 36.6. The van der Waals surface area contributed by atoms with Crippen LogP contribution >= 0.6 is 0 Å². The molecular formula is C63H43N. The van der Waals surface area contributed by atoms with Crippen molar-refractivity contribution < 1.29 is 0 Å². The molecule has 1 aliphatic carbocycles. The van der Waals surface area contributed by atoms with E-state index in [2.05, 4.69) is 243 Å². The van der Waals surface area contributed by atoms with Crippen LogP contribution in [0.1, 0.15) is 25.0 Å². The number of nitrogens with zero attached hydrogens (tertiary/aromatic N) is 1. The van der Waals surface area contributed by atoms with E-state index in [1.807, 2.05) is 0 Å². The molecule has 0 aromatic heterocycles. The summed E-state index contributed by atoms with van der Waals surface area (Å²) in [5, 5.41) is 14.9. The summed E-state index contributed by atoms with van der Waals surface area (Å²) >= 11 is 0. The first-order valence-electron chi connectivity index (χ1n) is 22.4. The topological polar surface area (TPSA) is 3.24 Å². The van der Waals surface area contributed by atoms with Crippen LogP contribution < -0.4 is 4.90 Å². The van der Waals surface area contributed by atoms with Crippen LogP contribution in [0.2, 0.25) is 0 Å². The summed E-state index contributed by atoms with van der Waals surface area (Å²) in [7, 11) is 0. The van der Waals surface area contributed by atoms with E-state index in [0.29, 0.717) is 0 Å². The lowest BCUT2D eigenvalue weighted by Crippen LogP contribution is -2.17. The van der Waals surface area contributed by atoms with Gasteiger partial charge in [-0.3, -0.25) is 0 Å². The van der Waals surface area contributed by atoms with Gasteiger partial charge in [0.05, 0.1) is 5.69 Å². The average molecular weight is 814 g/mol. The van der Waals surface area contributed by atoms with Crippen molar-refractivity contribution in [1.82, 2.24) is 0 Å². The van der Waals surface area contributed by atoms with Gasteiger partial charge < -0.3 is 4.90 Å². The third kappa shape index (κ3) is 5.37. The van der Waals surface area contributed by atoms with Gasteiger partial charge in [0.1, 0.15) is 0 Å². The lowest BCUT2D eigenvalue weighted by Gasteiger charge is -2.32. The molecule has 0 atom stereocenters. The predicted molar refractivity (Wildman–Crippen MR) is 275 cm³/mol. The van der Waals surface area contributed by atoms with Crippen molar-refractivity contribution in [3.8, 4) is 33.4 Å². The molecule has 0 aliphatic heterocycles. The van der Waals surface area contributed by atoms with Gasteiger partial charge >= 0.3 is 0 Å². The van der Waals surface area contributed by atoms with Gasteiger partial charge in [0.25, 0.3) is 0 Å². The van der Waals surface area contributed by atoms with Gasteiger partial charge in [-0.25, -0.2) is 0 Å². The van der Waals surface area contributed by atoms with Crippen LogP contribution in [0.15, 0.2) is 224 Å². The highest BCUT2D eigenvalue weighted by Gasteiger charge is 2.36. The van der Waals surface area contributed by atoms with Gasteiger partial charge in [-0.15, -0.1) is 0 Å². The fourth-order valence-electron chi connectivity index (χ4n) is 11.2. The molecule has 0 saturated carbocycles. The number of hydrogen-bond donors (Lipinski definition) is 0. The van der Waals surface area contributed by atoms with Gasteiger partial charge in [0, 0.05) is 27.7 Å². The van der Waals surface area contributed by atoms with Crippen molar-refractivity contribution >= 4 is 81.7 Å². The standard InChI is InChI=1S/C63H43N/c1-63(2)59-29-14-13-26-54(59)55-35-33-44(39-60(55)63)64(43-32-34-47-42(38-43)31-30-41-17-4-5-19-45(41)47)62-58(53-25-10-8-21-49(53)48-28-15-18-40-16-3-6-20-46(40)48)37-36-57-52-24-9-7-22-50(52)51-23-11-12-27-56(51)61(57)62/h3-39H,1-2H3. The summed E-state index contributed by atoms with van der Waals surface area (Å²) in [6.07, 6.45) is 0. The molecule has 300 valence electrons. The summed E-state index contributed by atoms with van der Waals surface area (Å²) in [4.78, 5) is 2.59. The van der Waals surface area contributed by atoms with Crippen LogP contribution in [0.5, 0.6) is 0 Å². The van der Waals surface area contributed by atoms with E-state index in [0.717, 1.165) is 11.4 Å². The third-order valence-electron chi connectivity index (χ3n) is 14.2. The first-order chi connectivity index (χ1) is 31.5. The van der Waals surface area contributed by atoms with Gasteiger partial charge in [-0.1, -0.05) is 214 Å². The Labute approximate surface area is 373 Å². The Bertz CT molecular complexity index is 3850. The highest BCUT2D eigenvalue weighted by atomic mass is 15.1. The van der Waals surface area contributed by atoms with Crippen molar-refractivity contribution in [3.63, 3.8) is 0 Å². The summed E-state index contributed by atoms with van der Waals surface area (Å²) in [6.45, 7) is 4.77. The molecular weight excluding hydrogens is 771 g/mol. The molecule has 1 nitrogen and oxygen atoms in total. The maximum Gasteiger partial charge on any atom is 0.0625 e. The first-order valence-corrected chi connectivity index (χ1v) is 22.4. The summed E-state index contributed by atoms with van der Waals surface area (Å²) < 4.78 is 0. The van der Waals surface area contributed by atoms with Crippen LogP contribution in [-0.2, 0) is 5.41 Å². The fraction of sp³-hybridized carbons (Fsp3) is 0.0476. The van der Waals surface area contributed by atoms with E-state index in [-0.39, 0.29) is 5.41 Å². The number of anilines is 3. The van der Waals surface area contributed by atoms with E-state index in [1.165, 1.54) is 115 Å². The molecule has 12 aromatic rings. The van der Waals surface area contributed by atoms with Crippen molar-refractivity contribution in [2.24, 2.45) is 0 Å². The van der Waals surface area contributed by atoms with Crippen molar-refractivity contribution in [3.05, 3.63) is 236 Å². The van der Waals surface area contributed by atoms with Crippen LogP contribution in [-0.4, -0.2) is 0 Å². The highest BCUT2D eigenvalue weighted by Crippen LogP contribution is 2.54. The van der Waals surface area contributed by atoms with Gasteiger partial charge in [-0.05, 0) is 122 Å². The Balaban J connectivity index is 1.19. The number of benzene rings is 12. The third-order valence-corrected chi connectivity index (χ3v) is 14.2. The predicted octanol–water partition coefficient (Wildman–Crippen LogP) is 17.7. The average Bonchev–Trinajstić information content (AvgIpc) is 3.58. The molecule has 1 heteroatoms. The summed E-state index contributed by atoms with van der Waals surface area (Å²) in [6, 6.07) is 83.9. The van der Waals surface area contributed by atoms with E-state index in [1.54, 1.807) is 0 Å². The Morgan fingerprint density at radius 3 is 1.50 bits per heavy atom. The molecule has 0 fully saturated rings. The molecule has 12 aromatic carbocycles. The molecule has 1 aliphatic rings. The molecule has 0 heterocycles. The molecule has 0 N–H and O–H groups in total. The summed E-state index contributed by atoms with van der Waals surface area (Å²) in [5.74, 6) is 0. The zero-order valence-electron chi connectivity index (χ0n) is 35.8. The fourth-order valence-corrected chi connectivity index (χ4v) is 11.2. The van der Waals surface area contributed by atoms with E-state index in [9.17, 15) is 0 Å². The zero-order valence-corrected chi connectivity index (χ0v) is 35.8. The second-order valence-corrected chi connectivity index (χ2v) is 18.0. The Morgan fingerprint density at radius 1 is 0.281 bits per heavy atom. The largest absolute Gasteiger partial charge is 0.309 e. The Hall–Kier alpha value is -8.00. The number of hydrogen-bond acceptors (Lipinski definition) is 1. The maximum absolute atomic E-state index is 2.59. The van der Waals surface area contributed by atoms with Crippen molar-refractivity contribution in [2.45, 2.75) is 19.3 Å². The second kappa shape index (κ2) is 14.0. The van der Waals surface area contributed by atoms with Gasteiger partial charge in [0.2, 0.25) is 0 Å². The van der Waals surface area contributed by atoms with E-state index < -0.39 is 0 Å². The lowest BCUT2D eigenvalue weighted by molar-refractivity contribution is 0.660. The Kier molecular flexibility index (Phi) is 8.02. The van der Waals surface area contributed by atoms with Crippen LogP contribution in [0, 0.1) is 0 Å². The van der Waals surface area contributed by atoms with Crippen molar-refractivity contribution in [2.75, 3.05) is 4.90 Å². The minimum absolute atomic E-state index is 0.179. The van der Waals surface area contributed by atoms with Crippen LogP contribution in [0.25, 0.3) is 98.0 Å². The maximum atomic E-state index is 2.59. The normalized spacial score (nSPS) is 13.0. The highest BCUT2D eigenvalue weighted by molar-refractivity contribution is 6.30. The molecule has 0 amide bonds. The molecule has 0 bridgehead atoms. The van der Waals surface area contributed by atoms with Crippen LogP contribution in [0.3, 0.4) is 0 Å². The van der Waals surface area contributed by atoms with Gasteiger partial charge in [-0.2, -0.15) is 0 Å². The minimum atomic E-state index is -0.179. The Morgan fingerprint density at radius 2 is 0.734 bits per heavy atom. The lowest BCUT2D eigenvalue weighted by atomic mass is 9.82. The molecule has 0 saturated heterocycles. The minimum Gasteiger partial charge on any atom is -0.309 e. The smallest absolute Gasteiger partial charge is 0.0625 e. The SMILES string of the molecule is CC1(C)c2ccccc2-c2ccc(N(c3ccc4c(ccc5ccccc54)c3)c3c(-c4ccccc4-c4cccc5ccccc45)ccc4c5ccccc5c5ccccc5c34)cc21. The molecule has 64 heavy (non-hydrogen) atoms. The molecule has 13 rings (SSSR count). The summed E-state index contributed by atoms with van der Waals surface area (Å²) in [5.41, 5.74) is 13.4. The number of rotatable bonds is 5. The van der Waals surface area contributed by atoms with E-state index in [4.69, 9.17) is 0 Å². The van der Waals surface area contributed by atoms with Gasteiger partial charge in [0.15, 0.2) is 0 Å². The van der Waals surface area contributed by atoms with E-state index >= 15 is 0 Å². The monoisotopic (exact) mass is 813 g/mol.